The second kappa shape index (κ2) is 5.29. The predicted molar refractivity (Wildman–Crippen MR) is 74.8 cm³/mol. The molecular weight excluding hydrogens is 224 g/mol. The van der Waals surface area contributed by atoms with Crippen LogP contribution in [0.1, 0.15) is 38.3 Å². The van der Waals surface area contributed by atoms with Crippen molar-refractivity contribution in [3.63, 3.8) is 0 Å². The predicted octanol–water partition coefficient (Wildman–Crippen LogP) is 2.57. The molecule has 1 aromatic rings. The molecule has 3 nitrogen and oxygen atoms in total. The van der Waals surface area contributed by atoms with Gasteiger partial charge in [0.1, 0.15) is 11.4 Å². The lowest BCUT2D eigenvalue weighted by Gasteiger charge is -2.39. The van der Waals surface area contributed by atoms with E-state index < -0.39 is 0 Å². The first kappa shape index (κ1) is 13.4. The average Bonchev–Trinajstić information content (AvgIpc) is 2.28. The minimum absolute atomic E-state index is 0.0666. The van der Waals surface area contributed by atoms with E-state index in [1.807, 2.05) is 19.1 Å². The molecule has 2 N–H and O–H groups in total. The third-order valence-corrected chi connectivity index (χ3v) is 3.62. The molecule has 1 saturated heterocycles. The van der Waals surface area contributed by atoms with Crippen LogP contribution in [0.25, 0.3) is 0 Å². The highest BCUT2D eigenvalue weighted by Gasteiger charge is 2.31. The number of nitrogens with zero attached hydrogens (tertiary/aromatic N) is 1. The van der Waals surface area contributed by atoms with Crippen LogP contribution in [-0.2, 0) is 0 Å². The SMILES string of the molecule is CC(N)c1ccc(OC2(C)CCCN(C)C2)cc1. The van der Waals surface area contributed by atoms with Crippen LogP contribution in [0.3, 0.4) is 0 Å². The van der Waals surface area contributed by atoms with E-state index >= 15 is 0 Å². The molecule has 0 amide bonds. The van der Waals surface area contributed by atoms with Crippen molar-refractivity contribution in [3.05, 3.63) is 29.8 Å². The van der Waals surface area contributed by atoms with Gasteiger partial charge in [0.05, 0.1) is 0 Å². The monoisotopic (exact) mass is 248 g/mol. The zero-order valence-corrected chi connectivity index (χ0v) is 11.6. The van der Waals surface area contributed by atoms with E-state index in [1.54, 1.807) is 0 Å². The molecule has 2 rings (SSSR count). The maximum absolute atomic E-state index is 6.17. The Hall–Kier alpha value is -1.06. The van der Waals surface area contributed by atoms with Gasteiger partial charge >= 0.3 is 0 Å². The first-order valence-electron chi connectivity index (χ1n) is 6.72. The smallest absolute Gasteiger partial charge is 0.120 e. The molecule has 2 atom stereocenters. The van der Waals surface area contributed by atoms with Crippen LogP contribution in [0.4, 0.5) is 0 Å². The Bertz CT molecular complexity index is 388. The van der Waals surface area contributed by atoms with Crippen molar-refractivity contribution in [1.29, 1.82) is 0 Å². The Morgan fingerprint density at radius 1 is 1.33 bits per heavy atom. The van der Waals surface area contributed by atoms with Crippen molar-refractivity contribution < 1.29 is 4.74 Å². The lowest BCUT2D eigenvalue weighted by atomic mass is 9.95. The van der Waals surface area contributed by atoms with E-state index in [2.05, 4.69) is 31.0 Å². The molecule has 3 heteroatoms. The van der Waals surface area contributed by atoms with Crippen molar-refractivity contribution in [2.24, 2.45) is 5.73 Å². The largest absolute Gasteiger partial charge is 0.486 e. The Morgan fingerprint density at radius 3 is 2.56 bits per heavy atom. The first-order chi connectivity index (χ1) is 8.48. The van der Waals surface area contributed by atoms with Crippen LogP contribution in [0, 0.1) is 0 Å². The summed E-state index contributed by atoms with van der Waals surface area (Å²) in [6, 6.07) is 8.23. The molecule has 0 spiro atoms. The number of likely N-dealkylation sites (tertiary alicyclic amines) is 1. The minimum atomic E-state index is -0.0666. The molecule has 18 heavy (non-hydrogen) atoms. The van der Waals surface area contributed by atoms with Gasteiger partial charge < -0.3 is 15.4 Å². The molecule has 1 aliphatic rings. The Balaban J connectivity index is 2.04. The van der Waals surface area contributed by atoms with Crippen molar-refractivity contribution in [2.45, 2.75) is 38.3 Å². The number of rotatable bonds is 3. The molecule has 1 aliphatic heterocycles. The molecule has 0 radical (unpaired) electrons. The molecule has 1 aromatic carbocycles. The number of benzene rings is 1. The van der Waals surface area contributed by atoms with Crippen LogP contribution in [0.15, 0.2) is 24.3 Å². The highest BCUT2D eigenvalue weighted by atomic mass is 16.5. The van der Waals surface area contributed by atoms with Gasteiger partial charge in [0.15, 0.2) is 0 Å². The van der Waals surface area contributed by atoms with Crippen LogP contribution < -0.4 is 10.5 Å². The first-order valence-corrected chi connectivity index (χ1v) is 6.72. The lowest BCUT2D eigenvalue weighted by Crippen LogP contribution is -2.48. The Morgan fingerprint density at radius 2 is 2.00 bits per heavy atom. The van der Waals surface area contributed by atoms with E-state index in [9.17, 15) is 0 Å². The lowest BCUT2D eigenvalue weighted by molar-refractivity contribution is 0.0156. The average molecular weight is 248 g/mol. The third kappa shape index (κ3) is 3.24. The van der Waals surface area contributed by atoms with Gasteiger partial charge in [0, 0.05) is 12.6 Å². The van der Waals surface area contributed by atoms with Crippen LogP contribution in [0.2, 0.25) is 0 Å². The number of nitrogens with two attached hydrogens (primary N) is 1. The van der Waals surface area contributed by atoms with E-state index in [-0.39, 0.29) is 11.6 Å². The molecular formula is C15H24N2O. The van der Waals surface area contributed by atoms with E-state index in [1.165, 1.54) is 13.0 Å². The number of likely N-dealkylation sites (N-methyl/N-ethyl adjacent to an activating group) is 1. The maximum atomic E-state index is 6.17. The molecule has 2 unspecified atom stereocenters. The molecule has 100 valence electrons. The fraction of sp³-hybridized carbons (Fsp3) is 0.600. The summed E-state index contributed by atoms with van der Waals surface area (Å²) >= 11 is 0. The molecule has 0 bridgehead atoms. The minimum Gasteiger partial charge on any atom is -0.486 e. The second-order valence-electron chi connectivity index (χ2n) is 5.75. The summed E-state index contributed by atoms with van der Waals surface area (Å²) in [7, 11) is 2.15. The van der Waals surface area contributed by atoms with E-state index in [0.29, 0.717) is 0 Å². The van der Waals surface area contributed by atoms with Gasteiger partial charge in [0.2, 0.25) is 0 Å². The van der Waals surface area contributed by atoms with Crippen molar-refractivity contribution >= 4 is 0 Å². The summed E-state index contributed by atoms with van der Waals surface area (Å²) in [5, 5.41) is 0. The molecule has 1 fully saturated rings. The van der Waals surface area contributed by atoms with Crippen LogP contribution >= 0.6 is 0 Å². The fourth-order valence-corrected chi connectivity index (χ4v) is 2.66. The Kier molecular flexibility index (Phi) is 3.93. The number of ether oxygens (including phenoxy) is 1. The fourth-order valence-electron chi connectivity index (χ4n) is 2.66. The second-order valence-corrected chi connectivity index (χ2v) is 5.75. The normalized spacial score (nSPS) is 26.9. The molecule has 0 aliphatic carbocycles. The van der Waals surface area contributed by atoms with Gasteiger partial charge in [-0.05, 0) is 58.0 Å². The van der Waals surface area contributed by atoms with Crippen molar-refractivity contribution in [3.8, 4) is 5.75 Å². The highest BCUT2D eigenvalue weighted by molar-refractivity contribution is 5.29. The van der Waals surface area contributed by atoms with Crippen LogP contribution in [-0.4, -0.2) is 30.6 Å². The summed E-state index contributed by atoms with van der Waals surface area (Å²) in [5.74, 6) is 0.942. The quantitative estimate of drug-likeness (QED) is 0.893. The van der Waals surface area contributed by atoms with Gasteiger partial charge in [-0.3, -0.25) is 0 Å². The van der Waals surface area contributed by atoms with Crippen molar-refractivity contribution in [1.82, 2.24) is 4.90 Å². The van der Waals surface area contributed by atoms with Gasteiger partial charge in [-0.15, -0.1) is 0 Å². The van der Waals surface area contributed by atoms with E-state index in [4.69, 9.17) is 10.5 Å². The van der Waals surface area contributed by atoms with Gasteiger partial charge in [-0.25, -0.2) is 0 Å². The third-order valence-electron chi connectivity index (χ3n) is 3.62. The standard InChI is InChI=1S/C15H24N2O/c1-12(16)13-5-7-14(8-6-13)18-15(2)9-4-10-17(3)11-15/h5-8,12H,4,9-11,16H2,1-3H3. The number of hydrogen-bond acceptors (Lipinski definition) is 3. The summed E-state index contributed by atoms with van der Waals surface area (Å²) in [5.41, 5.74) is 6.92. The van der Waals surface area contributed by atoms with Gasteiger partial charge in [0.25, 0.3) is 0 Å². The van der Waals surface area contributed by atoms with Crippen molar-refractivity contribution in [2.75, 3.05) is 20.1 Å². The zero-order chi connectivity index (χ0) is 13.2. The summed E-state index contributed by atoms with van der Waals surface area (Å²) < 4.78 is 6.17. The van der Waals surface area contributed by atoms with E-state index in [0.717, 1.165) is 24.3 Å². The molecule has 1 heterocycles. The highest BCUT2D eigenvalue weighted by Crippen LogP contribution is 2.27. The zero-order valence-electron chi connectivity index (χ0n) is 11.6. The number of piperidine rings is 1. The topological polar surface area (TPSA) is 38.5 Å². The summed E-state index contributed by atoms with van der Waals surface area (Å²) in [4.78, 5) is 2.33. The summed E-state index contributed by atoms with van der Waals surface area (Å²) in [6.07, 6.45) is 2.32. The van der Waals surface area contributed by atoms with Crippen LogP contribution in [0.5, 0.6) is 5.75 Å². The van der Waals surface area contributed by atoms with Gasteiger partial charge in [-0.2, -0.15) is 0 Å². The number of hydrogen-bond donors (Lipinski definition) is 1. The summed E-state index contributed by atoms with van der Waals surface area (Å²) in [6.45, 7) is 6.35. The molecule has 0 saturated carbocycles. The Labute approximate surface area is 110 Å². The molecule has 0 aromatic heterocycles. The maximum Gasteiger partial charge on any atom is 0.120 e. The van der Waals surface area contributed by atoms with Gasteiger partial charge in [-0.1, -0.05) is 12.1 Å².